The number of nitrogens with one attached hydrogen (secondary N) is 2. The molecule has 12 heteroatoms. The number of benzene rings is 2. The highest BCUT2D eigenvalue weighted by molar-refractivity contribution is 6.52. The normalized spacial score (nSPS) is 11.5. The van der Waals surface area contributed by atoms with Crippen LogP contribution in [0.5, 0.6) is 0 Å². The lowest BCUT2D eigenvalue weighted by atomic mass is 9.94. The number of nitro benzene ring substituents is 1. The van der Waals surface area contributed by atoms with E-state index in [1.54, 1.807) is 25.1 Å². The number of ether oxygens (including phenoxy) is 1. The molecule has 1 amide bonds. The molecule has 0 unspecified atom stereocenters. The third-order valence-electron chi connectivity index (χ3n) is 5.09. The van der Waals surface area contributed by atoms with Crippen LogP contribution in [0.1, 0.15) is 22.7 Å². The van der Waals surface area contributed by atoms with Crippen molar-refractivity contribution in [3.63, 3.8) is 0 Å². The van der Waals surface area contributed by atoms with Crippen LogP contribution in [0, 0.1) is 24.0 Å². The SMILES string of the molecule is COC(=O)C(=O)[C@@H](C(=O)C(=O)Nc1ccc(C)c(C)c1)c1nc2ccc([N+](=O)[O-])cc2[nH]c1=O. The summed E-state index contributed by atoms with van der Waals surface area (Å²) in [7, 11) is 0.897. The Morgan fingerprint density at radius 2 is 1.76 bits per heavy atom. The number of carbonyl (C=O) groups is 4. The van der Waals surface area contributed by atoms with Gasteiger partial charge in [0.25, 0.3) is 22.9 Å². The zero-order valence-corrected chi connectivity index (χ0v) is 18.2. The molecule has 34 heavy (non-hydrogen) atoms. The van der Waals surface area contributed by atoms with Gasteiger partial charge in [0.1, 0.15) is 11.6 Å². The fourth-order valence-corrected chi connectivity index (χ4v) is 3.13. The molecule has 2 N–H and O–H groups in total. The van der Waals surface area contributed by atoms with E-state index in [0.29, 0.717) is 0 Å². The summed E-state index contributed by atoms with van der Waals surface area (Å²) in [4.78, 5) is 79.4. The van der Waals surface area contributed by atoms with Crippen molar-refractivity contribution in [1.82, 2.24) is 9.97 Å². The summed E-state index contributed by atoms with van der Waals surface area (Å²) in [6, 6.07) is 8.18. The van der Waals surface area contributed by atoms with Gasteiger partial charge in [0.05, 0.1) is 23.1 Å². The van der Waals surface area contributed by atoms with E-state index in [1.807, 2.05) is 6.92 Å². The van der Waals surface area contributed by atoms with E-state index in [2.05, 4.69) is 20.0 Å². The van der Waals surface area contributed by atoms with Gasteiger partial charge in [-0.15, -0.1) is 0 Å². The number of hydrogen-bond acceptors (Lipinski definition) is 9. The van der Waals surface area contributed by atoms with Gasteiger partial charge in [-0.3, -0.25) is 29.3 Å². The second-order valence-electron chi connectivity index (χ2n) is 7.32. The fraction of sp³-hybridized carbons (Fsp3) is 0.182. The number of hydrogen-bond donors (Lipinski definition) is 2. The molecule has 2 aromatic carbocycles. The lowest BCUT2D eigenvalue weighted by Gasteiger charge is -2.13. The number of non-ortho nitro benzene ring substituents is 1. The summed E-state index contributed by atoms with van der Waals surface area (Å²) in [5.74, 6) is -7.78. The summed E-state index contributed by atoms with van der Waals surface area (Å²) in [6.45, 7) is 3.64. The van der Waals surface area contributed by atoms with Crippen molar-refractivity contribution in [2.75, 3.05) is 12.4 Å². The maximum absolute atomic E-state index is 13.0. The molecule has 0 aliphatic carbocycles. The first-order valence-electron chi connectivity index (χ1n) is 9.76. The smallest absolute Gasteiger partial charge is 0.375 e. The highest BCUT2D eigenvalue weighted by Crippen LogP contribution is 2.21. The zero-order chi connectivity index (χ0) is 25.2. The molecule has 3 aromatic rings. The van der Waals surface area contributed by atoms with Crippen molar-refractivity contribution in [1.29, 1.82) is 0 Å². The van der Waals surface area contributed by atoms with Crippen molar-refractivity contribution >= 4 is 45.9 Å². The second-order valence-corrected chi connectivity index (χ2v) is 7.32. The number of H-pyrrole nitrogens is 1. The van der Waals surface area contributed by atoms with Gasteiger partial charge in [-0.1, -0.05) is 6.07 Å². The van der Waals surface area contributed by atoms with Crippen molar-refractivity contribution in [2.45, 2.75) is 19.8 Å². The molecule has 0 aliphatic rings. The van der Waals surface area contributed by atoms with E-state index < -0.39 is 45.5 Å². The van der Waals surface area contributed by atoms with Crippen LogP contribution in [0.2, 0.25) is 0 Å². The molecule has 0 bridgehead atoms. The van der Waals surface area contributed by atoms with E-state index in [0.717, 1.165) is 30.4 Å². The first-order chi connectivity index (χ1) is 16.0. The van der Waals surface area contributed by atoms with Gasteiger partial charge in [0, 0.05) is 17.8 Å². The van der Waals surface area contributed by atoms with Crippen LogP contribution >= 0.6 is 0 Å². The molecule has 0 spiro atoms. The summed E-state index contributed by atoms with van der Waals surface area (Å²) in [5, 5.41) is 13.3. The topological polar surface area (TPSA) is 178 Å². The van der Waals surface area contributed by atoms with Crippen molar-refractivity contribution in [3.05, 3.63) is 73.7 Å². The van der Waals surface area contributed by atoms with Gasteiger partial charge >= 0.3 is 5.97 Å². The Morgan fingerprint density at radius 1 is 1.06 bits per heavy atom. The first kappa shape index (κ1) is 23.9. The molecular weight excluding hydrogens is 448 g/mol. The third kappa shape index (κ3) is 4.70. The van der Waals surface area contributed by atoms with E-state index in [4.69, 9.17) is 0 Å². The van der Waals surface area contributed by atoms with Gasteiger partial charge < -0.3 is 15.0 Å². The van der Waals surface area contributed by atoms with E-state index in [1.165, 1.54) is 6.07 Å². The zero-order valence-electron chi connectivity index (χ0n) is 18.2. The molecule has 0 radical (unpaired) electrons. The van der Waals surface area contributed by atoms with E-state index >= 15 is 0 Å². The Morgan fingerprint density at radius 3 is 2.38 bits per heavy atom. The molecule has 0 fully saturated rings. The lowest BCUT2D eigenvalue weighted by Crippen LogP contribution is -2.39. The minimum Gasteiger partial charge on any atom is -0.463 e. The molecular formula is C22H18N4O8. The monoisotopic (exact) mass is 466 g/mol. The van der Waals surface area contributed by atoms with Crippen LogP contribution in [-0.4, -0.2) is 45.4 Å². The molecule has 1 heterocycles. The van der Waals surface area contributed by atoms with E-state index in [-0.39, 0.29) is 22.4 Å². The molecule has 174 valence electrons. The number of esters is 1. The highest BCUT2D eigenvalue weighted by atomic mass is 16.6. The second kappa shape index (κ2) is 9.40. The summed E-state index contributed by atoms with van der Waals surface area (Å²) < 4.78 is 4.37. The first-order valence-corrected chi connectivity index (χ1v) is 9.76. The van der Waals surface area contributed by atoms with Gasteiger partial charge in [-0.2, -0.15) is 0 Å². The molecule has 0 saturated carbocycles. The quantitative estimate of drug-likeness (QED) is 0.171. The Kier molecular flexibility index (Phi) is 6.61. The standard InChI is InChI=1S/C22H18N4O8/c1-10-4-5-12(8-11(10)2)23-21(30)18(27)16(19(28)22(31)34-3)17-20(29)25-15-9-13(26(32)33)6-7-14(15)24-17/h4-9,16H,1-3H3,(H,23,30)(H,25,29)/t16-/m1/s1. The predicted molar refractivity (Wildman–Crippen MR) is 118 cm³/mol. The van der Waals surface area contributed by atoms with Crippen molar-refractivity contribution in [2.24, 2.45) is 0 Å². The Bertz CT molecular complexity index is 1430. The van der Waals surface area contributed by atoms with Crippen LogP contribution in [-0.2, 0) is 23.9 Å². The van der Waals surface area contributed by atoms with E-state index in [9.17, 15) is 34.1 Å². The number of aryl methyl sites for hydroxylation is 2. The van der Waals surface area contributed by atoms with Gasteiger partial charge in [0.2, 0.25) is 5.78 Å². The van der Waals surface area contributed by atoms with Crippen LogP contribution < -0.4 is 10.9 Å². The largest absolute Gasteiger partial charge is 0.463 e. The number of nitrogens with zero attached hydrogens (tertiary/aromatic N) is 2. The Hall–Kier alpha value is -4.74. The number of methoxy groups -OCH3 is 1. The molecule has 1 atom stereocenters. The van der Waals surface area contributed by atoms with Crippen LogP contribution in [0.3, 0.4) is 0 Å². The van der Waals surface area contributed by atoms with Gasteiger partial charge in [0.15, 0.2) is 0 Å². The van der Waals surface area contributed by atoms with Gasteiger partial charge in [-0.25, -0.2) is 9.78 Å². The van der Waals surface area contributed by atoms with Crippen LogP contribution in [0.15, 0.2) is 41.2 Å². The fourth-order valence-electron chi connectivity index (χ4n) is 3.13. The summed E-state index contributed by atoms with van der Waals surface area (Å²) in [6.07, 6.45) is 0. The third-order valence-corrected chi connectivity index (χ3v) is 5.09. The molecule has 0 saturated heterocycles. The summed E-state index contributed by atoms with van der Waals surface area (Å²) in [5.41, 5.74) is -0.157. The number of fused-ring (bicyclic) bond motifs is 1. The Labute approximate surface area is 191 Å². The molecule has 1 aromatic heterocycles. The van der Waals surface area contributed by atoms with Crippen molar-refractivity contribution in [3.8, 4) is 0 Å². The number of Topliss-reactive ketones (excluding diaryl/α,β-unsaturated/α-hetero) is 2. The molecule has 3 rings (SSSR count). The molecule has 0 aliphatic heterocycles. The average molecular weight is 466 g/mol. The number of aromatic amines is 1. The minimum absolute atomic E-state index is 0.00904. The predicted octanol–water partition coefficient (Wildman–Crippen LogP) is 1.48. The number of nitro groups is 1. The number of aromatic nitrogens is 2. The number of ketones is 2. The maximum Gasteiger partial charge on any atom is 0.375 e. The number of anilines is 1. The van der Waals surface area contributed by atoms with Crippen LogP contribution in [0.25, 0.3) is 11.0 Å². The lowest BCUT2D eigenvalue weighted by molar-refractivity contribution is -0.384. The number of rotatable bonds is 7. The Balaban J connectivity index is 2.06. The highest BCUT2D eigenvalue weighted by Gasteiger charge is 2.40. The molecule has 12 nitrogen and oxygen atoms in total. The van der Waals surface area contributed by atoms with Crippen LogP contribution in [0.4, 0.5) is 11.4 Å². The van der Waals surface area contributed by atoms with Crippen molar-refractivity contribution < 1.29 is 28.8 Å². The average Bonchev–Trinajstić information content (AvgIpc) is 2.80. The maximum atomic E-state index is 13.0. The number of amides is 1. The minimum atomic E-state index is -2.19. The summed E-state index contributed by atoms with van der Waals surface area (Å²) >= 11 is 0. The van der Waals surface area contributed by atoms with Gasteiger partial charge in [-0.05, 0) is 43.2 Å². The number of carbonyl (C=O) groups excluding carboxylic acids is 4.